The zero-order chi connectivity index (χ0) is 21.7. The van der Waals surface area contributed by atoms with Crippen LogP contribution in [0.4, 0.5) is 4.79 Å². The van der Waals surface area contributed by atoms with Crippen LogP contribution in [-0.2, 0) is 9.53 Å². The molecule has 160 valence electrons. The Kier molecular flexibility index (Phi) is 7.79. The highest BCUT2D eigenvalue weighted by Gasteiger charge is 2.35. The van der Waals surface area contributed by atoms with E-state index in [2.05, 4.69) is 10.6 Å². The third kappa shape index (κ3) is 5.35. The maximum absolute atomic E-state index is 12.6. The van der Waals surface area contributed by atoms with Crippen LogP contribution in [-0.4, -0.2) is 32.3 Å². The maximum Gasteiger partial charge on any atom is 0.337 e. The van der Waals surface area contributed by atoms with E-state index in [1.807, 2.05) is 34.6 Å². The Hall–Kier alpha value is -2.41. The topological polar surface area (TPSA) is 85.9 Å². The summed E-state index contributed by atoms with van der Waals surface area (Å²) < 4.78 is 16.6. The van der Waals surface area contributed by atoms with Gasteiger partial charge in [-0.05, 0) is 36.5 Å². The molecule has 1 aliphatic heterocycles. The van der Waals surface area contributed by atoms with E-state index < -0.39 is 18.0 Å². The van der Waals surface area contributed by atoms with Crippen molar-refractivity contribution >= 4 is 23.6 Å². The highest BCUT2D eigenvalue weighted by molar-refractivity contribution is 6.32. The number of halogens is 1. The average Bonchev–Trinajstić information content (AvgIpc) is 2.65. The second-order valence-electron chi connectivity index (χ2n) is 7.47. The van der Waals surface area contributed by atoms with Crippen molar-refractivity contribution in [3.63, 3.8) is 0 Å². The summed E-state index contributed by atoms with van der Waals surface area (Å²) in [6, 6.07) is 2.28. The molecule has 29 heavy (non-hydrogen) atoms. The van der Waals surface area contributed by atoms with Crippen molar-refractivity contribution in [1.82, 2.24) is 10.6 Å². The lowest BCUT2D eigenvalue weighted by atomic mass is 9.91. The molecule has 0 saturated carbocycles. The predicted molar refractivity (Wildman–Crippen MR) is 111 cm³/mol. The van der Waals surface area contributed by atoms with Crippen LogP contribution in [0, 0.1) is 11.8 Å². The zero-order valence-corrected chi connectivity index (χ0v) is 18.5. The fraction of sp³-hybridized carbons (Fsp3) is 0.524. The molecule has 7 nitrogen and oxygen atoms in total. The molecule has 0 fully saturated rings. The third-order valence-corrected chi connectivity index (χ3v) is 4.59. The number of benzene rings is 1. The molecule has 2 N–H and O–H groups in total. The summed E-state index contributed by atoms with van der Waals surface area (Å²) in [4.78, 5) is 24.8. The molecule has 0 spiro atoms. The van der Waals surface area contributed by atoms with Crippen molar-refractivity contribution in [2.45, 2.75) is 40.7 Å². The van der Waals surface area contributed by atoms with E-state index in [4.69, 9.17) is 25.8 Å². The number of esters is 1. The molecule has 1 atom stereocenters. The summed E-state index contributed by atoms with van der Waals surface area (Å²) in [5, 5.41) is 5.85. The second-order valence-corrected chi connectivity index (χ2v) is 7.88. The molecule has 0 bridgehead atoms. The smallest absolute Gasteiger partial charge is 0.337 e. The van der Waals surface area contributed by atoms with Crippen molar-refractivity contribution in [2.75, 3.05) is 20.3 Å². The van der Waals surface area contributed by atoms with Gasteiger partial charge < -0.3 is 24.8 Å². The standard InChI is InChI=1S/C21H29ClN2O5/c1-7-28-15-9-13(8-14(22)19(15)29-10-11(2)3)18-16(20(25)27-6)17(12(4)5)23-21(26)24-18/h8-9,11-12,18H,7,10H2,1-6H3,(H2,23,24,26). The summed E-state index contributed by atoms with van der Waals surface area (Å²) in [6.45, 7) is 10.6. The molecule has 1 aromatic rings. The number of hydrogen-bond donors (Lipinski definition) is 2. The highest BCUT2D eigenvalue weighted by atomic mass is 35.5. The van der Waals surface area contributed by atoms with Crippen LogP contribution < -0.4 is 20.1 Å². The molecule has 2 amide bonds. The minimum atomic E-state index is -0.732. The normalized spacial score (nSPS) is 16.6. The highest BCUT2D eigenvalue weighted by Crippen LogP contribution is 2.41. The fourth-order valence-electron chi connectivity index (χ4n) is 3.04. The quantitative estimate of drug-likeness (QED) is 0.610. The summed E-state index contributed by atoms with van der Waals surface area (Å²) in [7, 11) is 1.31. The number of carbonyl (C=O) groups excluding carboxylic acids is 2. The van der Waals surface area contributed by atoms with E-state index >= 15 is 0 Å². The van der Waals surface area contributed by atoms with Crippen molar-refractivity contribution in [2.24, 2.45) is 11.8 Å². The Bertz CT molecular complexity index is 805. The monoisotopic (exact) mass is 424 g/mol. The number of allylic oxidation sites excluding steroid dienone is 1. The first kappa shape index (κ1) is 22.9. The first-order valence-corrected chi connectivity index (χ1v) is 10.1. The Balaban J connectivity index is 2.59. The van der Waals surface area contributed by atoms with Gasteiger partial charge in [0, 0.05) is 5.70 Å². The number of rotatable bonds is 8. The van der Waals surface area contributed by atoms with Gasteiger partial charge in [-0.3, -0.25) is 0 Å². The third-order valence-electron chi connectivity index (χ3n) is 4.31. The van der Waals surface area contributed by atoms with Crippen LogP contribution in [0.5, 0.6) is 11.5 Å². The second kappa shape index (κ2) is 9.87. The first-order valence-electron chi connectivity index (χ1n) is 9.68. The van der Waals surface area contributed by atoms with Crippen molar-refractivity contribution < 1.29 is 23.8 Å². The van der Waals surface area contributed by atoms with Crippen LogP contribution in [0.25, 0.3) is 0 Å². The lowest BCUT2D eigenvalue weighted by Gasteiger charge is -2.31. The van der Waals surface area contributed by atoms with E-state index in [-0.39, 0.29) is 5.92 Å². The molecule has 1 heterocycles. The lowest BCUT2D eigenvalue weighted by Crippen LogP contribution is -2.47. The summed E-state index contributed by atoms with van der Waals surface area (Å²) in [6.07, 6.45) is 0. The largest absolute Gasteiger partial charge is 0.490 e. The molecule has 1 unspecified atom stereocenters. The van der Waals surface area contributed by atoms with Gasteiger partial charge in [-0.15, -0.1) is 0 Å². The van der Waals surface area contributed by atoms with Gasteiger partial charge in [0.15, 0.2) is 11.5 Å². The average molecular weight is 425 g/mol. The minimum absolute atomic E-state index is 0.0897. The van der Waals surface area contributed by atoms with Crippen molar-refractivity contribution in [1.29, 1.82) is 0 Å². The molecular formula is C21H29ClN2O5. The minimum Gasteiger partial charge on any atom is -0.490 e. The molecular weight excluding hydrogens is 396 g/mol. The van der Waals surface area contributed by atoms with Crippen LogP contribution in [0.2, 0.25) is 5.02 Å². The zero-order valence-electron chi connectivity index (χ0n) is 17.7. The van der Waals surface area contributed by atoms with E-state index in [0.29, 0.717) is 52.5 Å². The first-order chi connectivity index (χ1) is 13.7. The number of nitrogens with one attached hydrogen (secondary N) is 2. The number of carbonyl (C=O) groups is 2. The van der Waals surface area contributed by atoms with Gasteiger partial charge >= 0.3 is 12.0 Å². The number of ether oxygens (including phenoxy) is 3. The Morgan fingerprint density at radius 2 is 1.90 bits per heavy atom. The van der Waals surface area contributed by atoms with E-state index in [1.165, 1.54) is 7.11 Å². The molecule has 2 rings (SSSR count). The number of amides is 2. The van der Waals surface area contributed by atoms with E-state index in [9.17, 15) is 9.59 Å². The fourth-order valence-corrected chi connectivity index (χ4v) is 3.31. The van der Waals surface area contributed by atoms with Gasteiger partial charge in [0.1, 0.15) is 0 Å². The van der Waals surface area contributed by atoms with Gasteiger partial charge in [-0.25, -0.2) is 9.59 Å². The molecule has 0 saturated heterocycles. The Morgan fingerprint density at radius 1 is 1.21 bits per heavy atom. The maximum atomic E-state index is 12.6. The number of hydrogen-bond acceptors (Lipinski definition) is 5. The molecule has 8 heteroatoms. The Labute approximate surface area is 176 Å². The van der Waals surface area contributed by atoms with Gasteiger partial charge in [0.2, 0.25) is 0 Å². The SMILES string of the molecule is CCOc1cc(C2NC(=O)NC(C(C)C)=C2C(=O)OC)cc(Cl)c1OCC(C)C. The molecule has 0 aliphatic carbocycles. The van der Waals surface area contributed by atoms with Crippen LogP contribution in [0.1, 0.15) is 46.2 Å². The van der Waals surface area contributed by atoms with E-state index in [1.54, 1.807) is 12.1 Å². The van der Waals surface area contributed by atoms with Crippen molar-refractivity contribution in [3.8, 4) is 11.5 Å². The predicted octanol–water partition coefficient (Wildman–Crippen LogP) is 4.21. The van der Waals surface area contributed by atoms with Gasteiger partial charge in [0.05, 0.1) is 37.0 Å². The lowest BCUT2D eigenvalue weighted by molar-refractivity contribution is -0.136. The van der Waals surface area contributed by atoms with Crippen LogP contribution in [0.15, 0.2) is 23.4 Å². The summed E-state index contributed by atoms with van der Waals surface area (Å²) in [5.74, 6) is 0.595. The molecule has 0 aromatic heterocycles. The summed E-state index contributed by atoms with van der Waals surface area (Å²) in [5.41, 5.74) is 1.44. The number of urea groups is 1. The molecule has 0 radical (unpaired) electrons. The van der Waals surface area contributed by atoms with Crippen LogP contribution >= 0.6 is 11.6 Å². The van der Waals surface area contributed by atoms with E-state index in [0.717, 1.165) is 0 Å². The van der Waals surface area contributed by atoms with Crippen LogP contribution in [0.3, 0.4) is 0 Å². The molecule has 1 aliphatic rings. The van der Waals surface area contributed by atoms with Gasteiger partial charge in [-0.2, -0.15) is 0 Å². The molecule has 1 aromatic carbocycles. The Morgan fingerprint density at radius 3 is 2.45 bits per heavy atom. The van der Waals surface area contributed by atoms with Gasteiger partial charge in [-0.1, -0.05) is 39.3 Å². The van der Waals surface area contributed by atoms with Gasteiger partial charge in [0.25, 0.3) is 0 Å². The number of methoxy groups -OCH3 is 1. The summed E-state index contributed by atoms with van der Waals surface area (Å²) >= 11 is 6.50. The van der Waals surface area contributed by atoms with Crippen molar-refractivity contribution in [3.05, 3.63) is 34.0 Å².